The lowest BCUT2D eigenvalue weighted by atomic mass is 10.1. The van der Waals surface area contributed by atoms with Gasteiger partial charge in [0.05, 0.1) is 6.61 Å². The van der Waals surface area contributed by atoms with E-state index in [-0.39, 0.29) is 11.8 Å². The molecule has 0 bridgehead atoms. The van der Waals surface area contributed by atoms with E-state index in [2.05, 4.69) is 22.0 Å². The highest BCUT2D eigenvalue weighted by Gasteiger charge is 2.14. The van der Waals surface area contributed by atoms with E-state index < -0.39 is 0 Å². The molecule has 3 nitrogen and oxygen atoms in total. The van der Waals surface area contributed by atoms with Crippen LogP contribution in [0.4, 0.5) is 0 Å². The summed E-state index contributed by atoms with van der Waals surface area (Å²) in [7, 11) is 0. The minimum atomic E-state index is -0.224. The van der Waals surface area contributed by atoms with Gasteiger partial charge in [0.2, 0.25) is 0 Å². The molecule has 0 aromatic carbocycles. The third-order valence-electron chi connectivity index (χ3n) is 2.75. The molecule has 4 heteroatoms. The van der Waals surface area contributed by atoms with Crippen LogP contribution in [0.3, 0.4) is 0 Å². The Kier molecular flexibility index (Phi) is 6.94. The Morgan fingerprint density at radius 1 is 1.50 bits per heavy atom. The van der Waals surface area contributed by atoms with E-state index in [4.69, 9.17) is 4.74 Å². The number of ketones is 1. The lowest BCUT2D eigenvalue weighted by molar-refractivity contribution is -0.141. The van der Waals surface area contributed by atoms with Gasteiger partial charge in [0.15, 0.2) is 5.78 Å². The Balaban J connectivity index is 2.14. The quantitative estimate of drug-likeness (QED) is 0.532. The molecule has 0 heterocycles. The molecular weight excluding hydrogens is 296 g/mol. The van der Waals surface area contributed by atoms with Gasteiger partial charge in [-0.2, -0.15) is 0 Å². The van der Waals surface area contributed by atoms with Crippen LogP contribution in [0.15, 0.2) is 22.2 Å². The van der Waals surface area contributed by atoms with Crippen molar-refractivity contribution in [1.29, 1.82) is 0 Å². The molecule has 0 saturated carbocycles. The van der Waals surface area contributed by atoms with Crippen LogP contribution in [0.2, 0.25) is 0 Å². The first-order valence-corrected chi connectivity index (χ1v) is 7.09. The Hall–Kier alpha value is -0.900. The maximum Gasteiger partial charge on any atom is 0.302 e. The van der Waals surface area contributed by atoms with Crippen molar-refractivity contribution >= 4 is 27.7 Å². The summed E-state index contributed by atoms with van der Waals surface area (Å²) in [5.74, 6) is 0.0496. The van der Waals surface area contributed by atoms with E-state index in [1.54, 1.807) is 0 Å². The minimum Gasteiger partial charge on any atom is -0.466 e. The Morgan fingerprint density at radius 2 is 2.28 bits per heavy atom. The van der Waals surface area contributed by atoms with Crippen LogP contribution in [0.5, 0.6) is 0 Å². The second-order valence-electron chi connectivity index (χ2n) is 4.35. The van der Waals surface area contributed by atoms with Crippen LogP contribution < -0.4 is 0 Å². The van der Waals surface area contributed by atoms with Gasteiger partial charge in [-0.15, -0.1) is 0 Å². The Bertz CT molecular complexity index is 369. The van der Waals surface area contributed by atoms with Crippen LogP contribution in [0.1, 0.15) is 45.4 Å². The average molecular weight is 315 g/mol. The first-order valence-electron chi connectivity index (χ1n) is 6.29. The van der Waals surface area contributed by atoms with E-state index in [1.165, 1.54) is 6.92 Å². The van der Waals surface area contributed by atoms with E-state index >= 15 is 0 Å². The van der Waals surface area contributed by atoms with Gasteiger partial charge in [-0.25, -0.2) is 0 Å². The molecule has 0 aliphatic heterocycles. The highest BCUT2D eigenvalue weighted by atomic mass is 79.9. The normalized spacial score (nSPS) is 15.8. The molecule has 1 aliphatic rings. The fourth-order valence-electron chi connectivity index (χ4n) is 1.80. The van der Waals surface area contributed by atoms with Crippen molar-refractivity contribution in [3.63, 3.8) is 0 Å². The number of esters is 1. The topological polar surface area (TPSA) is 43.4 Å². The van der Waals surface area contributed by atoms with Crippen molar-refractivity contribution in [3.8, 4) is 0 Å². The van der Waals surface area contributed by atoms with Crippen molar-refractivity contribution in [2.75, 3.05) is 6.61 Å². The molecule has 0 atom stereocenters. The molecule has 1 aliphatic carbocycles. The van der Waals surface area contributed by atoms with Crippen molar-refractivity contribution in [3.05, 3.63) is 22.2 Å². The van der Waals surface area contributed by atoms with Crippen LogP contribution in [-0.2, 0) is 14.3 Å². The van der Waals surface area contributed by atoms with Gasteiger partial charge < -0.3 is 4.74 Å². The third-order valence-corrected chi connectivity index (χ3v) is 3.35. The highest BCUT2D eigenvalue weighted by molar-refractivity contribution is 9.11. The number of allylic oxidation sites excluding steroid dienone is 4. The number of unbranched alkanes of at least 4 members (excludes halogenated alkanes) is 2. The lowest BCUT2D eigenvalue weighted by Gasteiger charge is -2.02. The SMILES string of the molecule is CC(=O)OCCCCC=C(Br)CC1=CCCC1=O. The third kappa shape index (κ3) is 6.15. The molecule has 0 aromatic rings. The van der Waals surface area contributed by atoms with E-state index in [0.717, 1.165) is 35.7 Å². The van der Waals surface area contributed by atoms with E-state index in [0.29, 0.717) is 19.4 Å². The van der Waals surface area contributed by atoms with Crippen molar-refractivity contribution < 1.29 is 14.3 Å². The largest absolute Gasteiger partial charge is 0.466 e. The maximum absolute atomic E-state index is 11.4. The van der Waals surface area contributed by atoms with Crippen LogP contribution in [-0.4, -0.2) is 18.4 Å². The van der Waals surface area contributed by atoms with Crippen molar-refractivity contribution in [1.82, 2.24) is 0 Å². The lowest BCUT2D eigenvalue weighted by Crippen LogP contribution is -1.99. The summed E-state index contributed by atoms with van der Waals surface area (Å²) >= 11 is 3.49. The summed E-state index contributed by atoms with van der Waals surface area (Å²) in [6.45, 7) is 1.91. The summed E-state index contributed by atoms with van der Waals surface area (Å²) in [6.07, 6.45) is 9.17. The zero-order chi connectivity index (χ0) is 13.4. The van der Waals surface area contributed by atoms with Gasteiger partial charge in [-0.1, -0.05) is 28.1 Å². The molecule has 0 unspecified atom stereocenters. The van der Waals surface area contributed by atoms with Gasteiger partial charge in [-0.3, -0.25) is 9.59 Å². The molecular formula is C14H19BrO3. The number of ether oxygens (including phenoxy) is 1. The maximum atomic E-state index is 11.4. The fourth-order valence-corrected chi connectivity index (χ4v) is 2.33. The number of hydrogen-bond donors (Lipinski definition) is 0. The molecule has 0 fully saturated rings. The first kappa shape index (κ1) is 15.2. The smallest absolute Gasteiger partial charge is 0.302 e. The van der Waals surface area contributed by atoms with Gasteiger partial charge in [0.1, 0.15) is 0 Å². The zero-order valence-corrected chi connectivity index (χ0v) is 12.3. The summed E-state index contributed by atoms with van der Waals surface area (Å²) in [5, 5.41) is 0. The molecule has 1 rings (SSSR count). The van der Waals surface area contributed by atoms with Crippen molar-refractivity contribution in [2.24, 2.45) is 0 Å². The van der Waals surface area contributed by atoms with Gasteiger partial charge in [0, 0.05) is 19.8 Å². The number of halogens is 1. The molecule has 100 valence electrons. The number of rotatable bonds is 7. The van der Waals surface area contributed by atoms with Crippen LogP contribution >= 0.6 is 15.9 Å². The van der Waals surface area contributed by atoms with Gasteiger partial charge in [-0.05, 0) is 35.7 Å². The van der Waals surface area contributed by atoms with E-state index in [1.807, 2.05) is 6.08 Å². The number of carbonyl (C=O) groups excluding carboxylic acids is 2. The summed E-state index contributed by atoms with van der Waals surface area (Å²) in [6, 6.07) is 0. The minimum absolute atomic E-state index is 0.224. The molecule has 0 aromatic heterocycles. The summed E-state index contributed by atoms with van der Waals surface area (Å²) < 4.78 is 5.91. The fraction of sp³-hybridized carbons (Fsp3) is 0.571. The molecule has 0 spiro atoms. The average Bonchev–Trinajstić information content (AvgIpc) is 2.69. The van der Waals surface area contributed by atoms with Gasteiger partial charge in [0.25, 0.3) is 0 Å². The first-order chi connectivity index (χ1) is 8.59. The molecule has 0 N–H and O–H groups in total. The highest BCUT2D eigenvalue weighted by Crippen LogP contribution is 2.24. The molecule has 0 saturated heterocycles. The molecule has 0 radical (unpaired) electrons. The summed E-state index contributed by atoms with van der Waals surface area (Å²) in [4.78, 5) is 22.0. The number of Topliss-reactive ketones (excluding diaryl/α,β-unsaturated/α-hetero) is 1. The second-order valence-corrected chi connectivity index (χ2v) is 5.37. The Labute approximate surface area is 116 Å². The van der Waals surface area contributed by atoms with Gasteiger partial charge >= 0.3 is 5.97 Å². The van der Waals surface area contributed by atoms with Crippen LogP contribution in [0.25, 0.3) is 0 Å². The summed E-state index contributed by atoms with van der Waals surface area (Å²) in [5.41, 5.74) is 0.929. The Morgan fingerprint density at radius 3 is 2.89 bits per heavy atom. The monoisotopic (exact) mass is 314 g/mol. The number of carbonyl (C=O) groups is 2. The van der Waals surface area contributed by atoms with Crippen molar-refractivity contribution in [2.45, 2.75) is 45.4 Å². The zero-order valence-electron chi connectivity index (χ0n) is 10.7. The number of hydrogen-bond acceptors (Lipinski definition) is 3. The molecule has 0 amide bonds. The van der Waals surface area contributed by atoms with E-state index in [9.17, 15) is 9.59 Å². The predicted molar refractivity (Wildman–Crippen MR) is 74.4 cm³/mol. The standard InChI is InChI=1S/C14H19BrO3/c1-11(16)18-9-4-2-3-7-13(15)10-12-6-5-8-14(12)17/h6-7H,2-5,8-10H2,1H3. The second kappa shape index (κ2) is 8.25. The predicted octanol–water partition coefficient (Wildman–Crippen LogP) is 3.68. The molecule has 18 heavy (non-hydrogen) atoms. The van der Waals surface area contributed by atoms with Crippen LogP contribution in [0, 0.1) is 0 Å².